The third-order valence-corrected chi connectivity index (χ3v) is 5.35. The highest BCUT2D eigenvalue weighted by Gasteiger charge is 2.31. The van der Waals surface area contributed by atoms with Gasteiger partial charge in [-0.2, -0.15) is 0 Å². The van der Waals surface area contributed by atoms with Gasteiger partial charge in [0.1, 0.15) is 10.9 Å². The van der Waals surface area contributed by atoms with Crippen molar-refractivity contribution in [2.75, 3.05) is 33.8 Å². The summed E-state index contributed by atoms with van der Waals surface area (Å²) in [5.74, 6) is -0.412. The van der Waals surface area contributed by atoms with Gasteiger partial charge in [0, 0.05) is 24.5 Å². The first kappa shape index (κ1) is 20.9. The molecule has 2 rings (SSSR count). The number of halogens is 1. The number of ether oxygens (including phenoxy) is 1. The van der Waals surface area contributed by atoms with Crippen LogP contribution in [0.2, 0.25) is 5.02 Å². The molecule has 8 heteroatoms. The van der Waals surface area contributed by atoms with Gasteiger partial charge in [0.2, 0.25) is 0 Å². The molecule has 0 aromatic heterocycles. The third kappa shape index (κ3) is 6.09. The second-order valence-corrected chi connectivity index (χ2v) is 8.07. The molecule has 0 spiro atoms. The predicted octanol–water partition coefficient (Wildman–Crippen LogP) is 3.43. The van der Waals surface area contributed by atoms with E-state index in [0.717, 1.165) is 5.56 Å². The van der Waals surface area contributed by atoms with E-state index in [-0.39, 0.29) is 18.3 Å². The summed E-state index contributed by atoms with van der Waals surface area (Å²) in [6, 6.07) is 7.32. The second kappa shape index (κ2) is 10.1. The van der Waals surface area contributed by atoms with Crippen LogP contribution in [-0.2, 0) is 14.3 Å². The molecule has 0 atom stereocenters. The van der Waals surface area contributed by atoms with Crippen LogP contribution < -0.4 is 0 Å². The van der Waals surface area contributed by atoms with Gasteiger partial charge < -0.3 is 9.64 Å². The molecule has 1 aromatic carbocycles. The lowest BCUT2D eigenvalue weighted by Crippen LogP contribution is -2.29. The summed E-state index contributed by atoms with van der Waals surface area (Å²) in [6.45, 7) is 1.45. The molecule has 1 amide bonds. The van der Waals surface area contributed by atoms with Crippen molar-refractivity contribution < 1.29 is 14.3 Å². The molecule has 0 aliphatic carbocycles. The molecule has 1 aliphatic heterocycles. The van der Waals surface area contributed by atoms with E-state index >= 15 is 0 Å². The normalized spacial score (nSPS) is 16.0. The van der Waals surface area contributed by atoms with Crippen LogP contribution in [0, 0.1) is 0 Å². The molecule has 140 valence electrons. The van der Waals surface area contributed by atoms with Crippen molar-refractivity contribution in [3.63, 3.8) is 0 Å². The number of hydrogen-bond donors (Lipinski definition) is 0. The Labute approximate surface area is 168 Å². The van der Waals surface area contributed by atoms with Crippen LogP contribution in [0.3, 0.4) is 0 Å². The molecule has 26 heavy (non-hydrogen) atoms. The molecule has 1 saturated heterocycles. The SMILES string of the molecule is CN(C)CCOC(=O)CCCN1C(=O)C(=Cc2ccccc2Cl)SC1=S. The maximum atomic E-state index is 12.5. The molecule has 1 aliphatic rings. The van der Waals surface area contributed by atoms with E-state index in [1.54, 1.807) is 12.1 Å². The lowest BCUT2D eigenvalue weighted by molar-refractivity contribution is -0.144. The van der Waals surface area contributed by atoms with Crippen molar-refractivity contribution >= 4 is 57.9 Å². The van der Waals surface area contributed by atoms with Crippen LogP contribution in [0.4, 0.5) is 0 Å². The first-order chi connectivity index (χ1) is 12.4. The lowest BCUT2D eigenvalue weighted by atomic mass is 10.2. The van der Waals surface area contributed by atoms with Crippen molar-refractivity contribution in [2.24, 2.45) is 0 Å². The minimum Gasteiger partial charge on any atom is -0.464 e. The molecule has 1 aromatic rings. The largest absolute Gasteiger partial charge is 0.464 e. The zero-order chi connectivity index (χ0) is 19.1. The fourth-order valence-corrected chi connectivity index (χ4v) is 3.71. The zero-order valence-corrected chi connectivity index (χ0v) is 17.1. The summed E-state index contributed by atoms with van der Waals surface area (Å²) in [4.78, 5) is 28.2. The molecule has 1 heterocycles. The van der Waals surface area contributed by atoms with Gasteiger partial charge in [0.25, 0.3) is 5.91 Å². The first-order valence-electron chi connectivity index (χ1n) is 8.18. The number of rotatable bonds is 8. The highest BCUT2D eigenvalue weighted by molar-refractivity contribution is 8.26. The lowest BCUT2D eigenvalue weighted by Gasteiger charge is -2.14. The summed E-state index contributed by atoms with van der Waals surface area (Å²) in [5.41, 5.74) is 0.777. The van der Waals surface area contributed by atoms with E-state index in [9.17, 15) is 9.59 Å². The van der Waals surface area contributed by atoms with Gasteiger partial charge in [0.05, 0.1) is 4.91 Å². The maximum Gasteiger partial charge on any atom is 0.305 e. The topological polar surface area (TPSA) is 49.9 Å². The molecule has 0 saturated carbocycles. The fraction of sp³-hybridized carbons (Fsp3) is 0.389. The number of amides is 1. The Kier molecular flexibility index (Phi) is 8.09. The summed E-state index contributed by atoms with van der Waals surface area (Å²) in [7, 11) is 3.83. The van der Waals surface area contributed by atoms with Crippen LogP contribution in [0.5, 0.6) is 0 Å². The van der Waals surface area contributed by atoms with Gasteiger partial charge in [-0.1, -0.05) is 53.8 Å². The number of nitrogens with zero attached hydrogens (tertiary/aromatic N) is 2. The molecule has 0 bridgehead atoms. The molecular weight excluding hydrogens is 392 g/mol. The van der Waals surface area contributed by atoms with E-state index in [1.807, 2.05) is 37.2 Å². The van der Waals surface area contributed by atoms with Gasteiger partial charge in [-0.05, 0) is 38.2 Å². The van der Waals surface area contributed by atoms with Crippen molar-refractivity contribution in [2.45, 2.75) is 12.8 Å². The van der Waals surface area contributed by atoms with Gasteiger partial charge in [-0.25, -0.2) is 0 Å². The van der Waals surface area contributed by atoms with Crippen LogP contribution in [-0.4, -0.2) is 59.8 Å². The summed E-state index contributed by atoms with van der Waals surface area (Å²) >= 11 is 12.7. The molecular formula is C18H21ClN2O3S2. The van der Waals surface area contributed by atoms with E-state index in [1.165, 1.54) is 16.7 Å². The summed E-state index contributed by atoms with van der Waals surface area (Å²) in [6.07, 6.45) is 2.51. The van der Waals surface area contributed by atoms with Crippen molar-refractivity contribution in [3.05, 3.63) is 39.8 Å². The number of hydrogen-bond acceptors (Lipinski definition) is 6. The predicted molar refractivity (Wildman–Crippen MR) is 110 cm³/mol. The Bertz CT molecular complexity index is 722. The summed E-state index contributed by atoms with van der Waals surface area (Å²) < 4.78 is 5.63. The Hall–Kier alpha value is -1.41. The second-order valence-electron chi connectivity index (χ2n) is 5.98. The van der Waals surface area contributed by atoms with Crippen LogP contribution in [0.25, 0.3) is 6.08 Å². The molecule has 0 radical (unpaired) electrons. The Balaban J connectivity index is 1.85. The van der Waals surface area contributed by atoms with E-state index < -0.39 is 0 Å². The van der Waals surface area contributed by atoms with Gasteiger partial charge in [-0.3, -0.25) is 14.5 Å². The Morgan fingerprint density at radius 2 is 2.12 bits per heavy atom. The number of carbonyl (C=O) groups excluding carboxylic acids is 2. The van der Waals surface area contributed by atoms with Crippen molar-refractivity contribution in [1.82, 2.24) is 9.80 Å². The Morgan fingerprint density at radius 3 is 2.81 bits per heavy atom. The van der Waals surface area contributed by atoms with E-state index in [2.05, 4.69) is 0 Å². The average molecular weight is 413 g/mol. The number of benzene rings is 1. The third-order valence-electron chi connectivity index (χ3n) is 3.63. The Morgan fingerprint density at radius 1 is 1.38 bits per heavy atom. The minimum atomic E-state index is -0.260. The molecule has 0 N–H and O–H groups in total. The molecule has 1 fully saturated rings. The van der Waals surface area contributed by atoms with Gasteiger partial charge >= 0.3 is 5.97 Å². The first-order valence-corrected chi connectivity index (χ1v) is 9.79. The van der Waals surface area contributed by atoms with Crippen LogP contribution in [0.1, 0.15) is 18.4 Å². The van der Waals surface area contributed by atoms with Crippen molar-refractivity contribution in [3.8, 4) is 0 Å². The quantitative estimate of drug-likeness (QED) is 0.370. The monoisotopic (exact) mass is 412 g/mol. The summed E-state index contributed by atoms with van der Waals surface area (Å²) in [5, 5.41) is 0.582. The number of likely N-dealkylation sites (N-methyl/N-ethyl adjacent to an activating group) is 1. The number of thiocarbonyl (C=S) groups is 1. The minimum absolute atomic E-state index is 0.152. The zero-order valence-electron chi connectivity index (χ0n) is 14.7. The molecule has 0 unspecified atom stereocenters. The van der Waals surface area contributed by atoms with Crippen LogP contribution in [0.15, 0.2) is 29.2 Å². The van der Waals surface area contributed by atoms with Crippen molar-refractivity contribution in [1.29, 1.82) is 0 Å². The van der Waals surface area contributed by atoms with Crippen LogP contribution >= 0.6 is 35.6 Å². The highest BCUT2D eigenvalue weighted by atomic mass is 35.5. The highest BCUT2D eigenvalue weighted by Crippen LogP contribution is 2.33. The number of carbonyl (C=O) groups is 2. The average Bonchev–Trinajstić information content (AvgIpc) is 2.84. The van der Waals surface area contributed by atoms with Gasteiger partial charge in [0.15, 0.2) is 0 Å². The number of esters is 1. The molecule has 5 nitrogen and oxygen atoms in total. The maximum absolute atomic E-state index is 12.5. The smallest absolute Gasteiger partial charge is 0.305 e. The van der Waals surface area contributed by atoms with E-state index in [4.69, 9.17) is 28.6 Å². The fourth-order valence-electron chi connectivity index (χ4n) is 2.22. The number of thioether (sulfide) groups is 1. The van der Waals surface area contributed by atoms with E-state index in [0.29, 0.717) is 40.4 Å². The standard InChI is InChI=1S/C18H21ClN2O3S2/c1-20(2)10-11-24-16(22)8-5-9-21-17(23)15(26-18(21)25)12-13-6-3-4-7-14(13)19/h3-4,6-7,12H,5,8-11H2,1-2H3. The van der Waals surface area contributed by atoms with Gasteiger partial charge in [-0.15, -0.1) is 0 Å².